The summed E-state index contributed by atoms with van der Waals surface area (Å²) in [4.78, 5) is 14.7. The highest BCUT2D eigenvalue weighted by Gasteiger charge is 2.31. The summed E-state index contributed by atoms with van der Waals surface area (Å²) in [6, 6.07) is 1.32. The van der Waals surface area contributed by atoms with Gasteiger partial charge in [-0.1, -0.05) is 0 Å². The van der Waals surface area contributed by atoms with Crippen LogP contribution in [0.15, 0.2) is 18.3 Å². The molecule has 0 fully saturated rings. The van der Waals surface area contributed by atoms with Crippen molar-refractivity contribution in [1.82, 2.24) is 4.98 Å². The second-order valence-electron chi connectivity index (χ2n) is 3.58. The Morgan fingerprint density at radius 1 is 1.25 bits per heavy atom. The first-order chi connectivity index (χ1) is 9.08. The number of nitrogens with one attached hydrogen (secondary N) is 1. The summed E-state index contributed by atoms with van der Waals surface area (Å²) >= 11 is 0.310. The number of alkyl halides is 6. The Kier molecular flexibility index (Phi) is 5.26. The molecule has 0 radical (unpaired) electrons. The molecule has 0 spiro atoms. The van der Waals surface area contributed by atoms with E-state index < -0.39 is 35.3 Å². The number of rotatable bonds is 4. The molecular formula is C10H8F6N2OS. The molecule has 1 aromatic heterocycles. The van der Waals surface area contributed by atoms with E-state index in [0.29, 0.717) is 23.9 Å². The number of carbonyl (C=O) groups is 1. The smallest absolute Gasteiger partial charge is 0.310 e. The summed E-state index contributed by atoms with van der Waals surface area (Å²) < 4.78 is 72.6. The molecule has 0 unspecified atom stereocenters. The molecule has 1 amide bonds. The normalized spacial score (nSPS) is 12.3. The molecule has 0 aromatic carbocycles. The molecule has 3 nitrogen and oxygen atoms in total. The molecule has 0 saturated carbocycles. The number of pyridine rings is 1. The van der Waals surface area contributed by atoms with Crippen molar-refractivity contribution in [3.05, 3.63) is 23.9 Å². The SMILES string of the molecule is O=C(CSCC(F)(F)F)Nc1cc(C(F)(F)F)ccn1. The first kappa shape index (κ1) is 16.6. The van der Waals surface area contributed by atoms with Crippen molar-refractivity contribution >= 4 is 23.5 Å². The lowest BCUT2D eigenvalue weighted by atomic mass is 10.2. The van der Waals surface area contributed by atoms with Gasteiger partial charge in [0.15, 0.2) is 0 Å². The minimum atomic E-state index is -4.59. The van der Waals surface area contributed by atoms with Gasteiger partial charge in [0.2, 0.25) is 5.91 Å². The van der Waals surface area contributed by atoms with Gasteiger partial charge < -0.3 is 5.32 Å². The van der Waals surface area contributed by atoms with Crippen LogP contribution in [0.25, 0.3) is 0 Å². The predicted octanol–water partition coefficient (Wildman–Crippen LogP) is 3.33. The molecule has 0 aliphatic rings. The fraction of sp³-hybridized carbons (Fsp3) is 0.400. The van der Waals surface area contributed by atoms with Crippen LogP contribution in [-0.2, 0) is 11.0 Å². The lowest BCUT2D eigenvalue weighted by Crippen LogP contribution is -2.18. The van der Waals surface area contributed by atoms with Crippen LogP contribution < -0.4 is 5.32 Å². The molecule has 0 atom stereocenters. The first-order valence-electron chi connectivity index (χ1n) is 5.05. The second-order valence-corrected chi connectivity index (χ2v) is 4.57. The lowest BCUT2D eigenvalue weighted by Gasteiger charge is -2.09. The zero-order chi connectivity index (χ0) is 15.4. The largest absolute Gasteiger partial charge is 0.416 e. The van der Waals surface area contributed by atoms with E-state index in [-0.39, 0.29) is 5.82 Å². The number of thioether (sulfide) groups is 1. The minimum absolute atomic E-state index is 0.310. The average Bonchev–Trinajstić information content (AvgIpc) is 2.26. The summed E-state index contributed by atoms with van der Waals surface area (Å²) in [6.07, 6.45) is -8.14. The predicted molar refractivity (Wildman–Crippen MR) is 61.2 cm³/mol. The second kappa shape index (κ2) is 6.33. The summed E-state index contributed by atoms with van der Waals surface area (Å²) in [7, 11) is 0. The zero-order valence-corrected chi connectivity index (χ0v) is 10.5. The van der Waals surface area contributed by atoms with Gasteiger partial charge in [-0.25, -0.2) is 4.98 Å². The van der Waals surface area contributed by atoms with E-state index in [1.165, 1.54) is 0 Å². The van der Waals surface area contributed by atoms with Gasteiger partial charge in [-0.15, -0.1) is 11.8 Å². The van der Waals surface area contributed by atoms with Crippen LogP contribution in [0, 0.1) is 0 Å². The molecule has 0 saturated heterocycles. The third-order valence-corrected chi connectivity index (χ3v) is 2.85. The number of nitrogens with zero attached hydrogens (tertiary/aromatic N) is 1. The van der Waals surface area contributed by atoms with Crippen LogP contribution in [0.4, 0.5) is 32.2 Å². The zero-order valence-electron chi connectivity index (χ0n) is 9.68. The lowest BCUT2D eigenvalue weighted by molar-refractivity contribution is -0.137. The quantitative estimate of drug-likeness (QED) is 0.866. The van der Waals surface area contributed by atoms with Crippen LogP contribution in [0.3, 0.4) is 0 Å². The number of aromatic nitrogens is 1. The van der Waals surface area contributed by atoms with Crippen LogP contribution in [0.5, 0.6) is 0 Å². The molecule has 20 heavy (non-hydrogen) atoms. The van der Waals surface area contributed by atoms with Crippen molar-refractivity contribution in [3.63, 3.8) is 0 Å². The van der Waals surface area contributed by atoms with Crippen molar-refractivity contribution in [2.75, 3.05) is 16.8 Å². The Balaban J connectivity index is 2.54. The van der Waals surface area contributed by atoms with E-state index in [2.05, 4.69) is 4.98 Å². The number of amides is 1. The molecule has 112 valence electrons. The fourth-order valence-corrected chi connectivity index (χ4v) is 1.70. The maximum atomic E-state index is 12.4. The molecule has 1 rings (SSSR count). The number of hydrogen-bond donors (Lipinski definition) is 1. The van der Waals surface area contributed by atoms with E-state index in [0.717, 1.165) is 6.20 Å². The van der Waals surface area contributed by atoms with E-state index in [9.17, 15) is 31.1 Å². The third kappa shape index (κ3) is 6.13. The van der Waals surface area contributed by atoms with Crippen molar-refractivity contribution in [2.45, 2.75) is 12.4 Å². The van der Waals surface area contributed by atoms with Gasteiger partial charge in [0.25, 0.3) is 0 Å². The summed E-state index contributed by atoms with van der Waals surface area (Å²) in [5, 5.41) is 2.00. The molecule has 0 aliphatic carbocycles. The first-order valence-corrected chi connectivity index (χ1v) is 6.21. The van der Waals surface area contributed by atoms with Crippen LogP contribution in [0.1, 0.15) is 5.56 Å². The minimum Gasteiger partial charge on any atom is -0.310 e. The Hall–Kier alpha value is -1.45. The van der Waals surface area contributed by atoms with Crippen molar-refractivity contribution < 1.29 is 31.1 Å². The van der Waals surface area contributed by atoms with Gasteiger partial charge in [0.1, 0.15) is 5.82 Å². The van der Waals surface area contributed by atoms with Gasteiger partial charge in [-0.3, -0.25) is 4.79 Å². The van der Waals surface area contributed by atoms with Crippen molar-refractivity contribution in [2.24, 2.45) is 0 Å². The number of carbonyl (C=O) groups excluding carboxylic acids is 1. The number of hydrogen-bond acceptors (Lipinski definition) is 3. The average molecular weight is 318 g/mol. The number of anilines is 1. The molecule has 1 aromatic rings. The van der Waals surface area contributed by atoms with Gasteiger partial charge >= 0.3 is 12.4 Å². The Morgan fingerprint density at radius 3 is 2.45 bits per heavy atom. The van der Waals surface area contributed by atoms with Gasteiger partial charge in [0, 0.05) is 6.20 Å². The highest BCUT2D eigenvalue weighted by molar-refractivity contribution is 8.00. The fourth-order valence-electron chi connectivity index (χ4n) is 1.11. The Labute approximate surface area is 113 Å². The Morgan fingerprint density at radius 2 is 1.90 bits per heavy atom. The van der Waals surface area contributed by atoms with E-state index in [1.54, 1.807) is 0 Å². The summed E-state index contributed by atoms with van der Waals surface area (Å²) in [5.41, 5.74) is -1.01. The molecular weight excluding hydrogens is 310 g/mol. The summed E-state index contributed by atoms with van der Waals surface area (Å²) in [5.74, 6) is -2.96. The monoisotopic (exact) mass is 318 g/mol. The van der Waals surface area contributed by atoms with E-state index >= 15 is 0 Å². The molecule has 10 heteroatoms. The topological polar surface area (TPSA) is 42.0 Å². The molecule has 0 bridgehead atoms. The van der Waals surface area contributed by atoms with Crippen LogP contribution >= 0.6 is 11.8 Å². The highest BCUT2D eigenvalue weighted by Crippen LogP contribution is 2.30. The van der Waals surface area contributed by atoms with Gasteiger partial charge in [-0.2, -0.15) is 26.3 Å². The maximum Gasteiger partial charge on any atom is 0.416 e. The van der Waals surface area contributed by atoms with E-state index in [1.807, 2.05) is 5.32 Å². The standard InChI is InChI=1S/C10H8F6N2OS/c11-9(12,13)5-20-4-8(19)18-7-3-6(1-2-17-7)10(14,15)16/h1-3H,4-5H2,(H,17,18,19). The maximum absolute atomic E-state index is 12.4. The van der Waals surface area contributed by atoms with Gasteiger partial charge in [-0.05, 0) is 12.1 Å². The molecule has 0 aliphatic heterocycles. The molecule has 1 heterocycles. The summed E-state index contributed by atoms with van der Waals surface area (Å²) in [6.45, 7) is 0. The Bertz CT molecular complexity index is 474. The van der Waals surface area contributed by atoms with Crippen LogP contribution in [-0.4, -0.2) is 28.6 Å². The highest BCUT2D eigenvalue weighted by atomic mass is 32.2. The van der Waals surface area contributed by atoms with Gasteiger partial charge in [0.05, 0.1) is 17.1 Å². The molecule has 1 N–H and O–H groups in total. The van der Waals surface area contributed by atoms with E-state index in [4.69, 9.17) is 0 Å². The number of halogens is 6. The van der Waals surface area contributed by atoms with Crippen LogP contribution in [0.2, 0.25) is 0 Å². The third-order valence-electron chi connectivity index (χ3n) is 1.85. The van der Waals surface area contributed by atoms with Crippen molar-refractivity contribution in [3.8, 4) is 0 Å². The van der Waals surface area contributed by atoms with Crippen molar-refractivity contribution in [1.29, 1.82) is 0 Å².